The van der Waals surface area contributed by atoms with E-state index >= 15 is 0 Å². The van der Waals surface area contributed by atoms with E-state index in [1.165, 1.54) is 38.5 Å². The molecule has 3 aliphatic rings. The van der Waals surface area contributed by atoms with Crippen LogP contribution in [0.5, 0.6) is 0 Å². The van der Waals surface area contributed by atoms with Gasteiger partial charge in [0.05, 0.1) is 18.3 Å². The molecule has 4 rings (SSSR count). The minimum Gasteiger partial charge on any atom is -0.444 e. The van der Waals surface area contributed by atoms with Crippen molar-refractivity contribution in [1.29, 1.82) is 0 Å². The highest BCUT2D eigenvalue weighted by molar-refractivity contribution is 5.80. The average molecular weight is 446 g/mol. The van der Waals surface area contributed by atoms with Crippen LogP contribution in [0.4, 0.5) is 0 Å². The zero-order chi connectivity index (χ0) is 22.6. The molecular weight excluding hydrogens is 402 g/mol. The van der Waals surface area contributed by atoms with Crippen molar-refractivity contribution >= 4 is 5.96 Å². The molecule has 2 aliphatic carbocycles. The van der Waals surface area contributed by atoms with Gasteiger partial charge in [0.15, 0.2) is 5.96 Å². The van der Waals surface area contributed by atoms with Crippen molar-refractivity contribution in [1.82, 2.24) is 20.5 Å². The number of aliphatic imine (C=N–C) groups is 1. The van der Waals surface area contributed by atoms with E-state index in [-0.39, 0.29) is 0 Å². The van der Waals surface area contributed by atoms with Crippen LogP contribution in [0.1, 0.15) is 76.1 Å². The van der Waals surface area contributed by atoms with Crippen LogP contribution in [0.3, 0.4) is 0 Å². The second-order valence-corrected chi connectivity index (χ2v) is 10.0. The molecular formula is C25H43N5O2. The molecule has 2 unspecified atom stereocenters. The molecule has 7 nitrogen and oxygen atoms in total. The lowest BCUT2D eigenvalue weighted by Gasteiger charge is -2.54. The number of hydrogen-bond acceptors (Lipinski definition) is 5. The first-order valence-electron chi connectivity index (χ1n) is 12.9. The lowest BCUT2D eigenvalue weighted by Crippen LogP contribution is -2.65. The Morgan fingerprint density at radius 3 is 2.59 bits per heavy atom. The molecule has 0 radical (unpaired) electrons. The Balaban J connectivity index is 1.27. The van der Waals surface area contributed by atoms with Crippen LogP contribution in [0.25, 0.3) is 0 Å². The monoisotopic (exact) mass is 445 g/mol. The molecule has 3 fully saturated rings. The van der Waals surface area contributed by atoms with Gasteiger partial charge in [-0.25, -0.2) is 4.98 Å². The van der Waals surface area contributed by atoms with Gasteiger partial charge in [0.25, 0.3) is 0 Å². The van der Waals surface area contributed by atoms with Crippen molar-refractivity contribution in [2.75, 3.05) is 32.8 Å². The van der Waals surface area contributed by atoms with Gasteiger partial charge < -0.3 is 19.8 Å². The third kappa shape index (κ3) is 5.14. The number of ether oxygens (including phenoxy) is 1. The molecule has 1 aromatic heterocycles. The number of hydrogen-bond donors (Lipinski definition) is 2. The summed E-state index contributed by atoms with van der Waals surface area (Å²) in [6.45, 7) is 13.9. The number of rotatable bonds is 8. The van der Waals surface area contributed by atoms with Crippen molar-refractivity contribution in [3.05, 3.63) is 17.3 Å². The smallest absolute Gasteiger partial charge is 0.208 e. The molecule has 32 heavy (non-hydrogen) atoms. The summed E-state index contributed by atoms with van der Waals surface area (Å²) in [6.07, 6.45) is 9.14. The fraction of sp³-hybridized carbons (Fsp3) is 0.840. The highest BCUT2D eigenvalue weighted by Crippen LogP contribution is 2.54. The molecule has 2 heterocycles. The van der Waals surface area contributed by atoms with Gasteiger partial charge in [-0.05, 0) is 78.8 Å². The zero-order valence-corrected chi connectivity index (χ0v) is 20.6. The standard InChI is InChI=1S/C25H43N5O2/c1-5-26-24(29-21-15-22(31-6-2)25(21)11-7-8-12-25)27-16-20-9-13-30(14-10-20)17-23-28-18(3)19(4)32-23/h20-22H,5-17H2,1-4H3,(H2,26,27,29). The lowest BCUT2D eigenvalue weighted by atomic mass is 9.60. The quantitative estimate of drug-likeness (QED) is 0.468. The summed E-state index contributed by atoms with van der Waals surface area (Å²) in [7, 11) is 0. The summed E-state index contributed by atoms with van der Waals surface area (Å²) in [4.78, 5) is 12.0. The predicted molar refractivity (Wildman–Crippen MR) is 128 cm³/mol. The topological polar surface area (TPSA) is 74.9 Å². The molecule has 7 heteroatoms. The Bertz CT molecular complexity index is 743. The van der Waals surface area contributed by atoms with Crippen LogP contribution in [0, 0.1) is 25.2 Å². The van der Waals surface area contributed by atoms with E-state index in [1.54, 1.807) is 0 Å². The SMILES string of the molecule is CCNC(=NCC1CCN(Cc2nc(C)c(C)o2)CC1)NC1CC(OCC)C12CCCC2. The largest absolute Gasteiger partial charge is 0.444 e. The molecule has 2 atom stereocenters. The van der Waals surface area contributed by atoms with E-state index in [9.17, 15) is 0 Å². The number of aromatic nitrogens is 1. The third-order valence-electron chi connectivity index (χ3n) is 7.99. The Morgan fingerprint density at radius 2 is 1.97 bits per heavy atom. The summed E-state index contributed by atoms with van der Waals surface area (Å²) >= 11 is 0. The average Bonchev–Trinajstić information content (AvgIpc) is 3.41. The van der Waals surface area contributed by atoms with Crippen LogP contribution < -0.4 is 10.6 Å². The van der Waals surface area contributed by atoms with Crippen molar-refractivity contribution < 1.29 is 9.15 Å². The first kappa shape index (κ1) is 23.6. The van der Waals surface area contributed by atoms with Crippen LogP contribution in [0.15, 0.2) is 9.41 Å². The molecule has 1 aliphatic heterocycles. The second-order valence-electron chi connectivity index (χ2n) is 10.0. The van der Waals surface area contributed by atoms with Crippen LogP contribution in [-0.4, -0.2) is 60.8 Å². The van der Waals surface area contributed by atoms with Crippen LogP contribution in [-0.2, 0) is 11.3 Å². The number of piperidine rings is 1. The first-order chi connectivity index (χ1) is 15.5. The van der Waals surface area contributed by atoms with Gasteiger partial charge in [0.1, 0.15) is 5.76 Å². The van der Waals surface area contributed by atoms with Crippen molar-refractivity contribution in [2.24, 2.45) is 16.3 Å². The summed E-state index contributed by atoms with van der Waals surface area (Å²) in [5.41, 5.74) is 1.33. The van der Waals surface area contributed by atoms with E-state index in [0.717, 1.165) is 69.1 Å². The van der Waals surface area contributed by atoms with Crippen molar-refractivity contribution in [3.63, 3.8) is 0 Å². The molecule has 0 aromatic carbocycles. The highest BCUT2D eigenvalue weighted by atomic mass is 16.5. The van der Waals surface area contributed by atoms with Crippen molar-refractivity contribution in [3.8, 4) is 0 Å². The maximum Gasteiger partial charge on any atom is 0.208 e. The Hall–Kier alpha value is -1.60. The van der Waals surface area contributed by atoms with Gasteiger partial charge in [-0.15, -0.1) is 0 Å². The van der Waals surface area contributed by atoms with Gasteiger partial charge in [-0.1, -0.05) is 12.8 Å². The van der Waals surface area contributed by atoms with E-state index in [0.29, 0.717) is 23.5 Å². The summed E-state index contributed by atoms with van der Waals surface area (Å²) in [5, 5.41) is 7.28. The van der Waals surface area contributed by atoms with Gasteiger partial charge in [0.2, 0.25) is 5.89 Å². The number of aryl methyl sites for hydroxylation is 2. The van der Waals surface area contributed by atoms with Crippen LogP contribution in [0.2, 0.25) is 0 Å². The molecule has 0 bridgehead atoms. The van der Waals surface area contributed by atoms with Gasteiger partial charge in [-0.3, -0.25) is 9.89 Å². The van der Waals surface area contributed by atoms with Gasteiger partial charge in [-0.2, -0.15) is 0 Å². The molecule has 2 saturated carbocycles. The first-order valence-corrected chi connectivity index (χ1v) is 12.9. The molecule has 1 saturated heterocycles. The third-order valence-corrected chi connectivity index (χ3v) is 7.99. The molecule has 1 aromatic rings. The normalized spacial score (nSPS) is 26.4. The maximum absolute atomic E-state index is 6.09. The second kappa shape index (κ2) is 10.6. The van der Waals surface area contributed by atoms with Gasteiger partial charge in [0, 0.05) is 31.2 Å². The summed E-state index contributed by atoms with van der Waals surface area (Å²) < 4.78 is 11.9. The molecule has 180 valence electrons. The van der Waals surface area contributed by atoms with Crippen LogP contribution >= 0.6 is 0 Å². The molecule has 2 N–H and O–H groups in total. The number of oxazole rings is 1. The number of nitrogens with one attached hydrogen (secondary N) is 2. The Morgan fingerprint density at radius 1 is 1.22 bits per heavy atom. The minimum atomic E-state index is 0.328. The fourth-order valence-corrected chi connectivity index (χ4v) is 5.92. The summed E-state index contributed by atoms with van der Waals surface area (Å²) in [5.74, 6) is 3.42. The molecule has 0 amide bonds. The minimum absolute atomic E-state index is 0.328. The van der Waals surface area contributed by atoms with Crippen molar-refractivity contribution in [2.45, 2.75) is 91.3 Å². The molecule has 1 spiro atoms. The van der Waals surface area contributed by atoms with E-state index in [1.807, 2.05) is 13.8 Å². The lowest BCUT2D eigenvalue weighted by molar-refractivity contribution is -0.125. The Labute approximate surface area is 193 Å². The van der Waals surface area contributed by atoms with E-state index in [4.69, 9.17) is 14.1 Å². The van der Waals surface area contributed by atoms with Gasteiger partial charge >= 0.3 is 0 Å². The number of nitrogens with zero attached hydrogens (tertiary/aromatic N) is 3. The zero-order valence-electron chi connectivity index (χ0n) is 20.6. The van der Waals surface area contributed by atoms with E-state index in [2.05, 4.69) is 34.4 Å². The fourth-order valence-electron chi connectivity index (χ4n) is 5.92. The maximum atomic E-state index is 6.09. The summed E-state index contributed by atoms with van der Waals surface area (Å²) in [6, 6.07) is 0.494. The predicted octanol–water partition coefficient (Wildman–Crippen LogP) is 3.80. The highest BCUT2D eigenvalue weighted by Gasteiger charge is 2.56. The number of likely N-dealkylation sites (tertiary alicyclic amines) is 1. The number of guanidine groups is 1. The van der Waals surface area contributed by atoms with E-state index < -0.39 is 0 Å². The Kier molecular flexibility index (Phi) is 7.77.